The van der Waals surface area contributed by atoms with Gasteiger partial charge in [0.05, 0.1) is 17.4 Å². The maximum absolute atomic E-state index is 12.9. The molecule has 150 valence electrons. The molecule has 7 nitrogen and oxygen atoms in total. The Labute approximate surface area is 173 Å². The fraction of sp³-hybridized carbons (Fsp3) is 0.368. The lowest BCUT2D eigenvalue weighted by molar-refractivity contribution is -0.120. The van der Waals surface area contributed by atoms with Crippen LogP contribution in [-0.4, -0.2) is 43.3 Å². The van der Waals surface area contributed by atoms with E-state index in [1.165, 1.54) is 4.31 Å². The predicted molar refractivity (Wildman–Crippen MR) is 110 cm³/mol. The number of amides is 1. The largest absolute Gasteiger partial charge is 0.476 e. The van der Waals surface area contributed by atoms with Gasteiger partial charge in [0, 0.05) is 23.8 Å². The Morgan fingerprint density at radius 1 is 1.32 bits per heavy atom. The molecule has 9 heteroatoms. The summed E-state index contributed by atoms with van der Waals surface area (Å²) in [6.45, 7) is 2.82. The molecule has 1 aromatic carbocycles. The van der Waals surface area contributed by atoms with Crippen LogP contribution in [0.2, 0.25) is 0 Å². The number of benzene rings is 1. The summed E-state index contributed by atoms with van der Waals surface area (Å²) >= 11 is 3.31. The first-order valence-corrected chi connectivity index (χ1v) is 11.3. The van der Waals surface area contributed by atoms with E-state index in [0.717, 1.165) is 4.47 Å². The van der Waals surface area contributed by atoms with Gasteiger partial charge in [-0.15, -0.1) is 0 Å². The molecule has 1 saturated heterocycles. The van der Waals surface area contributed by atoms with E-state index in [4.69, 9.17) is 4.74 Å². The number of carbonyl (C=O) groups excluding carboxylic acids is 1. The van der Waals surface area contributed by atoms with Gasteiger partial charge >= 0.3 is 0 Å². The first kappa shape index (κ1) is 20.8. The van der Waals surface area contributed by atoms with Crippen molar-refractivity contribution in [3.05, 3.63) is 47.1 Å². The number of nitrogens with zero attached hydrogens (tertiary/aromatic N) is 2. The second-order valence-electron chi connectivity index (χ2n) is 6.43. The van der Waals surface area contributed by atoms with Crippen LogP contribution >= 0.6 is 15.9 Å². The minimum absolute atomic E-state index is 0.147. The van der Waals surface area contributed by atoms with Crippen LogP contribution in [0.5, 0.6) is 5.88 Å². The molecule has 0 aliphatic carbocycles. The van der Waals surface area contributed by atoms with Crippen molar-refractivity contribution in [2.75, 3.05) is 25.0 Å². The fourth-order valence-electron chi connectivity index (χ4n) is 3.10. The predicted octanol–water partition coefficient (Wildman–Crippen LogP) is 3.28. The highest BCUT2D eigenvalue weighted by atomic mass is 79.9. The molecule has 1 amide bonds. The SMILES string of the molecule is CCOc1ncccc1NC(=O)C1CCCN(S(=O)(=O)c2ccc(Br)cc2)C1. The second kappa shape index (κ2) is 9.02. The van der Waals surface area contributed by atoms with Gasteiger partial charge in [-0.05, 0) is 56.2 Å². The van der Waals surface area contributed by atoms with Gasteiger partial charge in [-0.2, -0.15) is 4.31 Å². The molecule has 28 heavy (non-hydrogen) atoms. The highest BCUT2D eigenvalue weighted by Gasteiger charge is 2.33. The molecule has 1 aliphatic heterocycles. The van der Waals surface area contributed by atoms with Crippen molar-refractivity contribution in [3.63, 3.8) is 0 Å². The molecule has 3 rings (SSSR count). The number of sulfonamides is 1. The summed E-state index contributed by atoms with van der Waals surface area (Å²) in [5.41, 5.74) is 0.488. The molecule has 2 aromatic rings. The second-order valence-corrected chi connectivity index (χ2v) is 9.29. The van der Waals surface area contributed by atoms with E-state index in [1.807, 2.05) is 6.92 Å². The van der Waals surface area contributed by atoms with Crippen molar-refractivity contribution in [3.8, 4) is 5.88 Å². The lowest BCUT2D eigenvalue weighted by Crippen LogP contribution is -2.43. The number of ether oxygens (including phenoxy) is 1. The Bertz CT molecular complexity index is 934. The zero-order valence-corrected chi connectivity index (χ0v) is 17.9. The number of piperidine rings is 1. The summed E-state index contributed by atoms with van der Waals surface area (Å²) in [5.74, 6) is -0.313. The van der Waals surface area contributed by atoms with E-state index < -0.39 is 15.9 Å². The number of carbonyl (C=O) groups is 1. The molecule has 0 bridgehead atoms. The molecule has 1 N–H and O–H groups in total. The highest BCUT2D eigenvalue weighted by Crippen LogP contribution is 2.27. The molecule has 0 saturated carbocycles. The van der Waals surface area contributed by atoms with Crippen molar-refractivity contribution >= 4 is 37.5 Å². The van der Waals surface area contributed by atoms with Crippen LogP contribution in [0.4, 0.5) is 5.69 Å². The zero-order chi connectivity index (χ0) is 20.1. The molecular weight excluding hydrogens is 446 g/mol. The van der Waals surface area contributed by atoms with Crippen LogP contribution in [0, 0.1) is 5.92 Å². The summed E-state index contributed by atoms with van der Waals surface area (Å²) in [7, 11) is -3.64. The maximum Gasteiger partial charge on any atom is 0.243 e. The van der Waals surface area contributed by atoms with E-state index in [-0.39, 0.29) is 17.3 Å². The van der Waals surface area contributed by atoms with Crippen LogP contribution < -0.4 is 10.1 Å². The average molecular weight is 468 g/mol. The third-order valence-corrected chi connectivity index (χ3v) is 6.92. The minimum atomic E-state index is -3.64. The van der Waals surface area contributed by atoms with Gasteiger partial charge in [-0.3, -0.25) is 4.79 Å². The Kier molecular flexibility index (Phi) is 6.69. The monoisotopic (exact) mass is 467 g/mol. The van der Waals surface area contributed by atoms with Gasteiger partial charge in [0.2, 0.25) is 21.8 Å². The molecular formula is C19H22BrN3O4S. The number of hydrogen-bond acceptors (Lipinski definition) is 5. The smallest absolute Gasteiger partial charge is 0.243 e. The molecule has 1 unspecified atom stereocenters. The summed E-state index contributed by atoms with van der Waals surface area (Å²) in [4.78, 5) is 17.1. The van der Waals surface area contributed by atoms with Crippen molar-refractivity contribution in [2.45, 2.75) is 24.7 Å². The third-order valence-electron chi connectivity index (χ3n) is 4.52. The number of halogens is 1. The van der Waals surface area contributed by atoms with Crippen LogP contribution in [-0.2, 0) is 14.8 Å². The van der Waals surface area contributed by atoms with Gasteiger partial charge < -0.3 is 10.1 Å². The molecule has 1 aliphatic rings. The van der Waals surface area contributed by atoms with E-state index >= 15 is 0 Å². The van der Waals surface area contributed by atoms with Crippen LogP contribution in [0.3, 0.4) is 0 Å². The fourth-order valence-corrected chi connectivity index (χ4v) is 4.89. The van der Waals surface area contributed by atoms with Crippen molar-refractivity contribution in [1.82, 2.24) is 9.29 Å². The van der Waals surface area contributed by atoms with E-state index in [2.05, 4.69) is 26.2 Å². The Morgan fingerprint density at radius 2 is 2.07 bits per heavy atom. The van der Waals surface area contributed by atoms with E-state index in [1.54, 1.807) is 42.6 Å². The minimum Gasteiger partial charge on any atom is -0.476 e. The molecule has 0 radical (unpaired) electrons. The van der Waals surface area contributed by atoms with E-state index in [0.29, 0.717) is 37.6 Å². The van der Waals surface area contributed by atoms with Gasteiger partial charge in [0.25, 0.3) is 0 Å². The van der Waals surface area contributed by atoms with Crippen LogP contribution in [0.1, 0.15) is 19.8 Å². The highest BCUT2D eigenvalue weighted by molar-refractivity contribution is 9.10. The lowest BCUT2D eigenvalue weighted by Gasteiger charge is -2.31. The first-order chi connectivity index (χ1) is 13.4. The van der Waals surface area contributed by atoms with Crippen LogP contribution in [0.15, 0.2) is 52.0 Å². The summed E-state index contributed by atoms with van der Waals surface area (Å²) < 4.78 is 33.5. The third kappa shape index (κ3) is 4.71. The topological polar surface area (TPSA) is 88.6 Å². The molecule has 1 atom stereocenters. The Morgan fingerprint density at radius 3 is 2.79 bits per heavy atom. The average Bonchev–Trinajstić information content (AvgIpc) is 2.70. The number of aromatic nitrogens is 1. The quantitative estimate of drug-likeness (QED) is 0.703. The molecule has 1 fully saturated rings. The van der Waals surface area contributed by atoms with Gasteiger partial charge in [0.1, 0.15) is 5.69 Å². The molecule has 0 spiro atoms. The van der Waals surface area contributed by atoms with Crippen molar-refractivity contribution in [2.24, 2.45) is 5.92 Å². The normalized spacial score (nSPS) is 17.9. The number of anilines is 1. The summed E-state index contributed by atoms with van der Waals surface area (Å²) in [6.07, 6.45) is 2.84. The number of nitrogens with one attached hydrogen (secondary N) is 1. The lowest BCUT2D eigenvalue weighted by atomic mass is 9.99. The number of pyridine rings is 1. The van der Waals surface area contributed by atoms with Crippen molar-refractivity contribution in [1.29, 1.82) is 0 Å². The number of rotatable bonds is 6. The van der Waals surface area contributed by atoms with Gasteiger partial charge in [-0.1, -0.05) is 15.9 Å². The maximum atomic E-state index is 12.9. The molecule has 2 heterocycles. The molecule has 1 aromatic heterocycles. The van der Waals surface area contributed by atoms with E-state index in [9.17, 15) is 13.2 Å². The summed E-state index contributed by atoms with van der Waals surface area (Å²) in [5, 5.41) is 2.83. The zero-order valence-electron chi connectivity index (χ0n) is 15.5. The standard InChI is InChI=1S/C19H22BrN3O4S/c1-2-27-19-17(6-3-11-21-19)22-18(24)14-5-4-12-23(13-14)28(25,26)16-9-7-15(20)8-10-16/h3,6-11,14H,2,4-5,12-13H2,1H3,(H,22,24). The van der Waals surface area contributed by atoms with Gasteiger partial charge in [-0.25, -0.2) is 13.4 Å². The Hall–Kier alpha value is -1.97. The van der Waals surface area contributed by atoms with Crippen LogP contribution in [0.25, 0.3) is 0 Å². The number of hydrogen-bond donors (Lipinski definition) is 1. The first-order valence-electron chi connectivity index (χ1n) is 9.06. The van der Waals surface area contributed by atoms with Crippen molar-refractivity contribution < 1.29 is 17.9 Å². The summed E-state index contributed by atoms with van der Waals surface area (Å²) in [6, 6.07) is 9.94. The Balaban J connectivity index is 1.72. The van der Waals surface area contributed by atoms with Gasteiger partial charge in [0.15, 0.2) is 0 Å².